The Balaban J connectivity index is 1.36. The lowest BCUT2D eigenvalue weighted by molar-refractivity contribution is 0.306. The number of nitrogens with zero attached hydrogens (tertiary/aromatic N) is 6. The predicted molar refractivity (Wildman–Crippen MR) is 144 cm³/mol. The molecule has 36 heavy (non-hydrogen) atoms. The van der Waals surface area contributed by atoms with Crippen LogP contribution in [0.5, 0.6) is 5.75 Å². The number of aromatic nitrogens is 5. The summed E-state index contributed by atoms with van der Waals surface area (Å²) in [6.45, 7) is 4.32. The molecule has 0 aliphatic rings. The molecule has 0 bridgehead atoms. The van der Waals surface area contributed by atoms with E-state index >= 15 is 0 Å². The Morgan fingerprint density at radius 1 is 1.06 bits per heavy atom. The number of rotatable bonds is 9. The van der Waals surface area contributed by atoms with E-state index in [-0.39, 0.29) is 0 Å². The molecule has 5 aromatic rings. The second-order valence-electron chi connectivity index (χ2n) is 8.95. The van der Waals surface area contributed by atoms with Gasteiger partial charge in [0.05, 0.1) is 22.8 Å². The van der Waals surface area contributed by atoms with Crippen LogP contribution in [0.2, 0.25) is 0 Å². The van der Waals surface area contributed by atoms with Crippen LogP contribution in [0.15, 0.2) is 61.3 Å². The number of nitrogen functional groups attached to an aromatic ring is 1. The van der Waals surface area contributed by atoms with Gasteiger partial charge in [-0.3, -0.25) is 14.5 Å². The van der Waals surface area contributed by atoms with Crippen molar-refractivity contribution in [3.63, 3.8) is 0 Å². The molecular weight excluding hydrogens is 452 g/mol. The van der Waals surface area contributed by atoms with Gasteiger partial charge in [-0.05, 0) is 50.8 Å². The van der Waals surface area contributed by atoms with Crippen LogP contribution < -0.4 is 15.8 Å². The van der Waals surface area contributed by atoms with Crippen molar-refractivity contribution in [2.45, 2.75) is 20.0 Å². The van der Waals surface area contributed by atoms with Crippen molar-refractivity contribution in [2.75, 3.05) is 38.2 Å². The number of ether oxygens (including phenoxy) is 1. The van der Waals surface area contributed by atoms with Crippen LogP contribution in [0.1, 0.15) is 18.2 Å². The molecule has 184 valence electrons. The van der Waals surface area contributed by atoms with Crippen LogP contribution in [0.25, 0.3) is 27.6 Å². The highest BCUT2D eigenvalue weighted by molar-refractivity contribution is 5.92. The van der Waals surface area contributed by atoms with E-state index < -0.39 is 0 Å². The van der Waals surface area contributed by atoms with Gasteiger partial charge in [0.1, 0.15) is 30.1 Å². The number of fused-ring (bicyclic) bond motifs is 2. The molecule has 4 aromatic heterocycles. The molecule has 0 saturated heterocycles. The van der Waals surface area contributed by atoms with E-state index in [0.717, 1.165) is 69.8 Å². The third-order valence-corrected chi connectivity index (χ3v) is 6.05. The Kier molecular flexibility index (Phi) is 6.64. The summed E-state index contributed by atoms with van der Waals surface area (Å²) >= 11 is 0. The monoisotopic (exact) mass is 482 g/mol. The van der Waals surface area contributed by atoms with Crippen LogP contribution in [0, 0.1) is 0 Å². The van der Waals surface area contributed by atoms with Gasteiger partial charge in [-0.1, -0.05) is 6.92 Å². The van der Waals surface area contributed by atoms with Gasteiger partial charge >= 0.3 is 0 Å². The van der Waals surface area contributed by atoms with Crippen LogP contribution in [0.4, 0.5) is 11.5 Å². The number of likely N-dealkylation sites (N-methyl/N-ethyl adjacent to an activating group) is 1. The van der Waals surface area contributed by atoms with Gasteiger partial charge in [0.25, 0.3) is 0 Å². The molecule has 0 fully saturated rings. The SMILES string of the molecule is CCc1cc(NCCN(C)C)c2ccc(OCc3cncc(-n4ccc5c(N)ncnc54)c3)cc2n1. The molecular formula is C27H30N8O. The standard InChI is InChI=1S/C27H30N8O/c1-4-19-12-24(30-8-10-34(2)3)22-6-5-21(13-25(22)33-19)36-16-18-11-20(15-29-14-18)35-9-7-23-26(28)31-17-32-27(23)35/h5-7,9,11-15,17H,4,8,10,16H2,1-3H3,(H,30,33)(H2,28,31,32). The van der Waals surface area contributed by atoms with Crippen molar-refractivity contribution in [3.8, 4) is 11.4 Å². The third-order valence-electron chi connectivity index (χ3n) is 6.05. The summed E-state index contributed by atoms with van der Waals surface area (Å²) in [7, 11) is 4.15. The molecule has 0 saturated carbocycles. The second kappa shape index (κ2) is 10.2. The number of nitrogens with one attached hydrogen (secondary N) is 1. The first-order chi connectivity index (χ1) is 17.5. The molecule has 0 radical (unpaired) electrons. The molecule has 0 aliphatic heterocycles. The van der Waals surface area contributed by atoms with Gasteiger partial charge in [-0.2, -0.15) is 0 Å². The average molecular weight is 483 g/mol. The van der Waals surface area contributed by atoms with E-state index in [9.17, 15) is 0 Å². The number of anilines is 2. The molecule has 0 amide bonds. The minimum Gasteiger partial charge on any atom is -0.489 e. The highest BCUT2D eigenvalue weighted by Crippen LogP contribution is 2.28. The Morgan fingerprint density at radius 2 is 1.94 bits per heavy atom. The van der Waals surface area contributed by atoms with E-state index in [1.807, 2.05) is 35.0 Å². The highest BCUT2D eigenvalue weighted by Gasteiger charge is 2.10. The Morgan fingerprint density at radius 3 is 2.78 bits per heavy atom. The van der Waals surface area contributed by atoms with Gasteiger partial charge in [-0.15, -0.1) is 0 Å². The fourth-order valence-corrected chi connectivity index (χ4v) is 4.12. The fourth-order valence-electron chi connectivity index (χ4n) is 4.12. The lowest BCUT2D eigenvalue weighted by atomic mass is 10.1. The van der Waals surface area contributed by atoms with Gasteiger partial charge in [0, 0.05) is 53.9 Å². The normalized spacial score (nSPS) is 11.4. The molecule has 3 N–H and O–H groups in total. The summed E-state index contributed by atoms with van der Waals surface area (Å²) in [5.74, 6) is 1.22. The average Bonchev–Trinajstić information content (AvgIpc) is 3.32. The first-order valence-electron chi connectivity index (χ1n) is 12.0. The Labute approximate surface area is 210 Å². The topological polar surface area (TPSA) is 107 Å². The number of aryl methyl sites for hydroxylation is 1. The van der Waals surface area contributed by atoms with Gasteiger partial charge in [0.15, 0.2) is 0 Å². The van der Waals surface area contributed by atoms with Crippen molar-refractivity contribution in [2.24, 2.45) is 0 Å². The van der Waals surface area contributed by atoms with E-state index in [1.54, 1.807) is 12.4 Å². The van der Waals surface area contributed by atoms with Crippen molar-refractivity contribution < 1.29 is 4.74 Å². The first-order valence-corrected chi connectivity index (χ1v) is 12.0. The summed E-state index contributed by atoms with van der Waals surface area (Å²) in [6, 6.07) is 12.1. The molecule has 9 nitrogen and oxygen atoms in total. The predicted octanol–water partition coefficient (Wildman–Crippen LogP) is 4.06. The summed E-state index contributed by atoms with van der Waals surface area (Å²) < 4.78 is 8.09. The lowest BCUT2D eigenvalue weighted by Gasteiger charge is -2.15. The summed E-state index contributed by atoms with van der Waals surface area (Å²) in [6.07, 6.45) is 7.85. The zero-order valence-electron chi connectivity index (χ0n) is 20.8. The zero-order valence-corrected chi connectivity index (χ0v) is 20.8. The molecule has 1 aromatic carbocycles. The largest absolute Gasteiger partial charge is 0.489 e. The number of pyridine rings is 2. The maximum Gasteiger partial charge on any atom is 0.150 e. The van der Waals surface area contributed by atoms with Gasteiger partial charge < -0.3 is 20.7 Å². The minimum absolute atomic E-state index is 0.379. The van der Waals surface area contributed by atoms with Crippen molar-refractivity contribution in [3.05, 3.63) is 72.6 Å². The van der Waals surface area contributed by atoms with E-state index in [4.69, 9.17) is 15.5 Å². The molecule has 9 heteroatoms. The second-order valence-corrected chi connectivity index (χ2v) is 8.95. The lowest BCUT2D eigenvalue weighted by Crippen LogP contribution is -2.21. The smallest absolute Gasteiger partial charge is 0.150 e. The highest BCUT2D eigenvalue weighted by atomic mass is 16.5. The van der Waals surface area contributed by atoms with Gasteiger partial charge in [-0.25, -0.2) is 9.97 Å². The van der Waals surface area contributed by atoms with E-state index in [2.05, 4.69) is 58.3 Å². The zero-order chi connectivity index (χ0) is 25.1. The first kappa shape index (κ1) is 23.5. The number of nitrogens with two attached hydrogens (primary N) is 1. The maximum atomic E-state index is 6.14. The molecule has 0 spiro atoms. The summed E-state index contributed by atoms with van der Waals surface area (Å²) in [5, 5.41) is 5.45. The number of benzene rings is 1. The van der Waals surface area contributed by atoms with Gasteiger partial charge in [0.2, 0.25) is 0 Å². The van der Waals surface area contributed by atoms with Crippen molar-refractivity contribution >= 4 is 33.4 Å². The molecule has 0 unspecified atom stereocenters. The number of hydrogen-bond donors (Lipinski definition) is 2. The number of hydrogen-bond acceptors (Lipinski definition) is 8. The molecule has 0 aliphatic carbocycles. The fraction of sp³-hybridized carbons (Fsp3) is 0.259. The Hall–Kier alpha value is -4.24. The Bertz CT molecular complexity index is 1510. The molecule has 0 atom stereocenters. The van der Waals surface area contributed by atoms with Crippen molar-refractivity contribution in [1.82, 2.24) is 29.4 Å². The van der Waals surface area contributed by atoms with E-state index in [0.29, 0.717) is 12.4 Å². The minimum atomic E-state index is 0.379. The summed E-state index contributed by atoms with van der Waals surface area (Å²) in [5.41, 5.74) is 11.6. The quantitative estimate of drug-likeness (QED) is 0.324. The van der Waals surface area contributed by atoms with Crippen LogP contribution in [-0.2, 0) is 13.0 Å². The third kappa shape index (κ3) is 4.92. The summed E-state index contributed by atoms with van der Waals surface area (Å²) in [4.78, 5) is 19.8. The molecule has 4 heterocycles. The van der Waals surface area contributed by atoms with E-state index in [1.165, 1.54) is 6.33 Å². The van der Waals surface area contributed by atoms with Crippen LogP contribution >= 0.6 is 0 Å². The van der Waals surface area contributed by atoms with Crippen molar-refractivity contribution in [1.29, 1.82) is 0 Å². The molecule has 5 rings (SSSR count). The maximum absolute atomic E-state index is 6.14. The van der Waals surface area contributed by atoms with Crippen LogP contribution in [0.3, 0.4) is 0 Å². The van der Waals surface area contributed by atoms with Crippen LogP contribution in [-0.4, -0.2) is 56.6 Å².